The van der Waals surface area contributed by atoms with Crippen LogP contribution in [-0.2, 0) is 20.8 Å². The molecule has 0 saturated heterocycles. The fourth-order valence-corrected chi connectivity index (χ4v) is 3.27. The van der Waals surface area contributed by atoms with Gasteiger partial charge in [0.2, 0.25) is 5.91 Å². The van der Waals surface area contributed by atoms with Gasteiger partial charge in [-0.2, -0.15) is 0 Å². The summed E-state index contributed by atoms with van der Waals surface area (Å²) >= 11 is 0. The van der Waals surface area contributed by atoms with E-state index < -0.39 is 29.9 Å². The second-order valence-electron chi connectivity index (χ2n) is 7.24. The van der Waals surface area contributed by atoms with Crippen molar-refractivity contribution in [1.82, 2.24) is 10.3 Å². The zero-order valence-electron chi connectivity index (χ0n) is 17.5. The highest BCUT2D eigenvalue weighted by atomic mass is 16.6. The maximum Gasteiger partial charge on any atom is 0.334 e. The highest BCUT2D eigenvalue weighted by molar-refractivity contribution is 5.88. The molecule has 2 atom stereocenters. The van der Waals surface area contributed by atoms with Crippen LogP contribution in [0.1, 0.15) is 18.4 Å². The minimum absolute atomic E-state index is 0.0530. The van der Waals surface area contributed by atoms with Crippen molar-refractivity contribution >= 4 is 28.7 Å². The lowest BCUT2D eigenvalue weighted by atomic mass is 10.0. The van der Waals surface area contributed by atoms with E-state index in [1.807, 2.05) is 24.3 Å². The zero-order chi connectivity index (χ0) is 23.1. The predicted molar refractivity (Wildman–Crippen MR) is 117 cm³/mol. The maximum atomic E-state index is 13.0. The Morgan fingerprint density at radius 1 is 1.09 bits per heavy atom. The number of esters is 1. The Kier molecular flexibility index (Phi) is 7.45. The van der Waals surface area contributed by atoms with Crippen molar-refractivity contribution < 1.29 is 29.0 Å². The molecule has 1 amide bonds. The first-order chi connectivity index (χ1) is 15.4. The second-order valence-corrected chi connectivity index (χ2v) is 7.24. The predicted octanol–water partition coefficient (Wildman–Crippen LogP) is 2.00. The summed E-state index contributed by atoms with van der Waals surface area (Å²) < 4.78 is 10.7. The number of para-hydroxylation sites is 3. The van der Waals surface area contributed by atoms with Crippen LogP contribution in [0.3, 0.4) is 0 Å². The molecule has 0 fully saturated rings. The number of carbonyl (C=O) groups is 3. The number of hydrogen-bond acceptors (Lipinski definition) is 6. The standard InChI is InChI=1S/C23H25N3O6/c1-31-19-8-4-5-9-20(19)32-23(30)18(26-21(27)11-10-16(24)22(28)29)12-14-13-25-17-7-3-2-6-15(14)17/h2-9,13,16,18,25H,10-12,24H2,1H3,(H,26,27)(H,28,29)/t16-,18-/m1/s1. The van der Waals surface area contributed by atoms with Gasteiger partial charge in [0.15, 0.2) is 11.5 Å². The van der Waals surface area contributed by atoms with Crippen molar-refractivity contribution in [2.45, 2.75) is 31.3 Å². The number of carbonyl (C=O) groups excluding carboxylic acids is 2. The fourth-order valence-electron chi connectivity index (χ4n) is 3.27. The van der Waals surface area contributed by atoms with Gasteiger partial charge in [-0.25, -0.2) is 4.79 Å². The lowest BCUT2D eigenvalue weighted by molar-refractivity contribution is -0.140. The molecular weight excluding hydrogens is 414 g/mol. The third kappa shape index (κ3) is 5.64. The summed E-state index contributed by atoms with van der Waals surface area (Å²) in [6.45, 7) is 0. The molecule has 0 bridgehead atoms. The van der Waals surface area contributed by atoms with Gasteiger partial charge in [0.25, 0.3) is 0 Å². The number of methoxy groups -OCH3 is 1. The number of carboxylic acids is 1. The molecule has 0 aliphatic rings. The number of fused-ring (bicyclic) bond motifs is 1. The number of H-pyrrole nitrogens is 1. The fraction of sp³-hybridized carbons (Fsp3) is 0.261. The normalized spacial score (nSPS) is 12.7. The largest absolute Gasteiger partial charge is 0.493 e. The van der Waals surface area contributed by atoms with Crippen LogP contribution in [0, 0.1) is 0 Å². The Morgan fingerprint density at radius 3 is 2.50 bits per heavy atom. The lowest BCUT2D eigenvalue weighted by Crippen LogP contribution is -2.45. The second kappa shape index (κ2) is 10.5. The average Bonchev–Trinajstić information content (AvgIpc) is 3.20. The molecule has 1 heterocycles. The van der Waals surface area contributed by atoms with Crippen molar-refractivity contribution in [2.24, 2.45) is 5.73 Å². The topological polar surface area (TPSA) is 144 Å². The molecule has 32 heavy (non-hydrogen) atoms. The number of benzene rings is 2. The monoisotopic (exact) mass is 439 g/mol. The molecule has 0 spiro atoms. The van der Waals surface area contributed by atoms with Crippen LogP contribution in [0.5, 0.6) is 11.5 Å². The lowest BCUT2D eigenvalue weighted by Gasteiger charge is -2.18. The van der Waals surface area contributed by atoms with E-state index in [4.69, 9.17) is 20.3 Å². The number of aromatic amines is 1. The van der Waals surface area contributed by atoms with E-state index in [1.165, 1.54) is 7.11 Å². The van der Waals surface area contributed by atoms with E-state index in [2.05, 4.69) is 10.3 Å². The summed E-state index contributed by atoms with van der Waals surface area (Å²) in [5.41, 5.74) is 7.20. The van der Waals surface area contributed by atoms with Crippen LogP contribution in [0.2, 0.25) is 0 Å². The Morgan fingerprint density at radius 2 is 1.78 bits per heavy atom. The van der Waals surface area contributed by atoms with Crippen molar-refractivity contribution in [3.8, 4) is 11.5 Å². The van der Waals surface area contributed by atoms with Crippen molar-refractivity contribution in [3.05, 3.63) is 60.3 Å². The van der Waals surface area contributed by atoms with E-state index in [0.717, 1.165) is 16.5 Å². The van der Waals surface area contributed by atoms with E-state index in [-0.39, 0.29) is 25.0 Å². The summed E-state index contributed by atoms with van der Waals surface area (Å²) in [4.78, 5) is 39.5. The van der Waals surface area contributed by atoms with Gasteiger partial charge in [0, 0.05) is 29.9 Å². The van der Waals surface area contributed by atoms with Gasteiger partial charge in [0.1, 0.15) is 12.1 Å². The summed E-state index contributed by atoms with van der Waals surface area (Å²) in [7, 11) is 1.46. The minimum Gasteiger partial charge on any atom is -0.493 e. The number of rotatable bonds is 10. The highest BCUT2D eigenvalue weighted by Crippen LogP contribution is 2.27. The molecule has 0 aliphatic heterocycles. The molecule has 0 aliphatic carbocycles. The molecule has 2 aromatic carbocycles. The Hall–Kier alpha value is -3.85. The number of aliphatic carboxylic acids is 1. The van der Waals surface area contributed by atoms with Gasteiger partial charge in [-0.15, -0.1) is 0 Å². The molecule has 168 valence electrons. The smallest absolute Gasteiger partial charge is 0.334 e. The van der Waals surface area contributed by atoms with E-state index in [0.29, 0.717) is 5.75 Å². The zero-order valence-corrected chi connectivity index (χ0v) is 17.5. The molecule has 0 saturated carbocycles. The molecule has 5 N–H and O–H groups in total. The van der Waals surface area contributed by atoms with Gasteiger partial charge in [0.05, 0.1) is 7.11 Å². The van der Waals surface area contributed by atoms with Crippen molar-refractivity contribution in [2.75, 3.05) is 7.11 Å². The van der Waals surface area contributed by atoms with Crippen LogP contribution in [0.4, 0.5) is 0 Å². The number of carboxylic acid groups (broad SMARTS) is 1. The Labute approximate surface area is 184 Å². The van der Waals surface area contributed by atoms with Crippen LogP contribution < -0.4 is 20.5 Å². The first-order valence-corrected chi connectivity index (χ1v) is 10.1. The van der Waals surface area contributed by atoms with Crippen LogP contribution in [0.15, 0.2) is 54.7 Å². The van der Waals surface area contributed by atoms with Crippen molar-refractivity contribution in [3.63, 3.8) is 0 Å². The summed E-state index contributed by atoms with van der Waals surface area (Å²) in [6.07, 6.45) is 1.76. The van der Waals surface area contributed by atoms with E-state index >= 15 is 0 Å². The van der Waals surface area contributed by atoms with Gasteiger partial charge >= 0.3 is 11.9 Å². The van der Waals surface area contributed by atoms with Gasteiger partial charge in [-0.3, -0.25) is 9.59 Å². The summed E-state index contributed by atoms with van der Waals surface area (Å²) in [5.74, 6) is -1.75. The minimum atomic E-state index is -1.19. The van der Waals surface area contributed by atoms with Crippen molar-refractivity contribution in [1.29, 1.82) is 0 Å². The number of nitrogens with two attached hydrogens (primary N) is 1. The molecule has 3 aromatic rings. The van der Waals surface area contributed by atoms with Gasteiger partial charge in [-0.05, 0) is 30.2 Å². The highest BCUT2D eigenvalue weighted by Gasteiger charge is 2.26. The number of hydrogen-bond donors (Lipinski definition) is 4. The molecular formula is C23H25N3O6. The molecule has 1 aromatic heterocycles. The molecule has 9 nitrogen and oxygen atoms in total. The quantitative estimate of drug-likeness (QED) is 0.279. The Bertz CT molecular complexity index is 1110. The molecule has 0 radical (unpaired) electrons. The van der Waals surface area contributed by atoms with Crippen LogP contribution in [0.25, 0.3) is 10.9 Å². The molecule has 9 heteroatoms. The molecule has 0 unspecified atom stereocenters. The third-order valence-corrected chi connectivity index (χ3v) is 5.00. The van der Waals surface area contributed by atoms with E-state index in [9.17, 15) is 14.4 Å². The van der Waals surface area contributed by atoms with Gasteiger partial charge < -0.3 is 30.6 Å². The number of ether oxygens (including phenoxy) is 2. The maximum absolute atomic E-state index is 13.0. The SMILES string of the molecule is COc1ccccc1OC(=O)[C@@H](Cc1c[nH]c2ccccc12)NC(=O)CC[C@@H](N)C(=O)O. The Balaban J connectivity index is 1.79. The van der Waals surface area contributed by atoms with Crippen LogP contribution in [-0.4, -0.2) is 47.1 Å². The average molecular weight is 439 g/mol. The van der Waals surface area contributed by atoms with Crippen LogP contribution >= 0.6 is 0 Å². The molecule has 3 rings (SSSR count). The van der Waals surface area contributed by atoms with E-state index in [1.54, 1.807) is 30.5 Å². The summed E-state index contributed by atoms with van der Waals surface area (Å²) in [6, 6.07) is 12.1. The number of nitrogens with one attached hydrogen (secondary N) is 2. The third-order valence-electron chi connectivity index (χ3n) is 5.00. The first-order valence-electron chi connectivity index (χ1n) is 10.1. The number of amides is 1. The first kappa shape index (κ1) is 22.8. The number of aromatic nitrogens is 1. The van der Waals surface area contributed by atoms with Gasteiger partial charge in [-0.1, -0.05) is 30.3 Å². The summed E-state index contributed by atoms with van der Waals surface area (Å²) in [5, 5.41) is 12.5.